The van der Waals surface area contributed by atoms with E-state index in [1.165, 1.54) is 21.6 Å². The standard InChI is InChI=1S/C46H35N5O9S2/c1-2-46(37-23-39-41-30(21-29-7-3-5-9-38(29)50-41)26-51(39)42(52)36(37)27-58-43(46)53)60-45(55)57-18-20-62-61-19-17-56-44(54)49-32-14-11-28(12-15-32)13-16-33-22-35(31(24-47)25-48)34-8-4-6-10-40(34)59-33/h3-16,21-23H,2,17-20,26-27H2,1H3,(H,49,54)/b16-13+/t46-/m0/s1. The average Bonchev–Trinajstić information content (AvgIpc) is 3.65. The summed E-state index contributed by atoms with van der Waals surface area (Å²) in [6.45, 7) is 1.85. The minimum Gasteiger partial charge on any atom is -0.457 e. The Balaban J connectivity index is 0.776. The number of hydrogen-bond acceptors (Lipinski definition) is 14. The van der Waals surface area contributed by atoms with Gasteiger partial charge in [0.05, 0.1) is 29.0 Å². The number of amides is 1. The second-order valence-corrected chi connectivity index (χ2v) is 16.7. The summed E-state index contributed by atoms with van der Waals surface area (Å²) in [7, 11) is 2.81. The Kier molecular flexibility index (Phi) is 12.1. The third-order valence-electron chi connectivity index (χ3n) is 10.3. The van der Waals surface area contributed by atoms with Crippen molar-refractivity contribution in [2.45, 2.75) is 32.1 Å². The average molecular weight is 866 g/mol. The fourth-order valence-corrected chi connectivity index (χ4v) is 8.95. The van der Waals surface area contributed by atoms with Gasteiger partial charge >= 0.3 is 18.2 Å². The van der Waals surface area contributed by atoms with Crippen LogP contribution in [-0.4, -0.2) is 52.5 Å². The molecular weight excluding hydrogens is 831 g/mol. The molecule has 2 aromatic heterocycles. The number of nitrogens with one attached hydrogen (secondary N) is 1. The van der Waals surface area contributed by atoms with E-state index >= 15 is 0 Å². The zero-order valence-electron chi connectivity index (χ0n) is 33.0. The highest BCUT2D eigenvalue weighted by atomic mass is 33.1. The van der Waals surface area contributed by atoms with Gasteiger partial charge in [-0.2, -0.15) is 10.5 Å². The number of benzene rings is 3. The molecule has 62 heavy (non-hydrogen) atoms. The number of esters is 1. The van der Waals surface area contributed by atoms with Crippen LogP contribution in [0.25, 0.3) is 33.9 Å². The first kappa shape index (κ1) is 41.5. The number of para-hydroxylation sites is 2. The number of allylic oxidation sites excluding steroid dienone is 4. The number of rotatable bonds is 12. The summed E-state index contributed by atoms with van der Waals surface area (Å²) in [5.74, 6) is 1.06. The Morgan fingerprint density at radius 3 is 2.47 bits per heavy atom. The van der Waals surface area contributed by atoms with E-state index in [9.17, 15) is 29.7 Å². The maximum atomic E-state index is 13.8. The van der Waals surface area contributed by atoms with E-state index in [1.54, 1.807) is 72.2 Å². The fourth-order valence-electron chi connectivity index (χ4n) is 7.30. The van der Waals surface area contributed by atoms with Crippen molar-refractivity contribution < 1.29 is 38.1 Å². The van der Waals surface area contributed by atoms with Crippen LogP contribution in [0.4, 0.5) is 15.3 Å². The molecule has 310 valence electrons. The molecule has 0 bridgehead atoms. The lowest BCUT2D eigenvalue weighted by Crippen LogP contribution is -2.47. The van der Waals surface area contributed by atoms with E-state index < -0.39 is 23.8 Å². The molecular formula is C46H35N5O9S2. The topological polar surface area (TPSA) is 192 Å². The van der Waals surface area contributed by atoms with Crippen molar-refractivity contribution in [2.75, 3.05) is 30.0 Å². The number of fused-ring (bicyclic) bond motifs is 6. The molecule has 5 heterocycles. The Bertz CT molecular complexity index is 2860. The van der Waals surface area contributed by atoms with Gasteiger partial charge in [0, 0.05) is 44.8 Å². The van der Waals surface area contributed by atoms with E-state index in [0.717, 1.165) is 22.0 Å². The summed E-state index contributed by atoms with van der Waals surface area (Å²) in [6, 6.07) is 29.5. The van der Waals surface area contributed by atoms with Crippen LogP contribution >= 0.6 is 21.6 Å². The van der Waals surface area contributed by atoms with Crippen molar-refractivity contribution in [1.82, 2.24) is 9.55 Å². The molecule has 1 atom stereocenters. The summed E-state index contributed by atoms with van der Waals surface area (Å²) < 4.78 is 29.3. The van der Waals surface area contributed by atoms with Gasteiger partial charge in [-0.25, -0.2) is 19.4 Å². The van der Waals surface area contributed by atoms with Gasteiger partial charge in [-0.1, -0.05) is 83.1 Å². The molecule has 16 heteroatoms. The molecule has 0 fully saturated rings. The molecule has 3 aliphatic heterocycles. The number of cyclic esters (lactones) is 1. The molecule has 0 spiro atoms. The van der Waals surface area contributed by atoms with Gasteiger partial charge in [-0.05, 0) is 60.5 Å². The van der Waals surface area contributed by atoms with Crippen molar-refractivity contribution in [3.8, 4) is 29.3 Å². The number of anilines is 1. The van der Waals surface area contributed by atoms with E-state index in [-0.39, 0.29) is 48.5 Å². The smallest absolute Gasteiger partial charge is 0.457 e. The van der Waals surface area contributed by atoms with Gasteiger partial charge in [-0.15, -0.1) is 0 Å². The first-order valence-corrected chi connectivity index (χ1v) is 21.9. The zero-order valence-corrected chi connectivity index (χ0v) is 34.7. The third kappa shape index (κ3) is 8.38. The number of carbonyl (C=O) groups is 3. The van der Waals surface area contributed by atoms with Crippen LogP contribution in [0.5, 0.6) is 5.75 Å². The van der Waals surface area contributed by atoms with Crippen molar-refractivity contribution in [3.63, 3.8) is 0 Å². The van der Waals surface area contributed by atoms with Crippen LogP contribution in [0, 0.1) is 22.7 Å². The van der Waals surface area contributed by atoms with E-state index in [2.05, 4.69) is 5.32 Å². The van der Waals surface area contributed by atoms with Gasteiger partial charge in [0.25, 0.3) is 5.56 Å². The molecule has 14 nitrogen and oxygen atoms in total. The van der Waals surface area contributed by atoms with E-state index in [4.69, 9.17) is 28.7 Å². The summed E-state index contributed by atoms with van der Waals surface area (Å²) in [6.07, 6.45) is 3.51. The van der Waals surface area contributed by atoms with Gasteiger partial charge < -0.3 is 28.3 Å². The van der Waals surface area contributed by atoms with Crippen LogP contribution in [0.15, 0.2) is 113 Å². The largest absolute Gasteiger partial charge is 0.509 e. The molecule has 1 N–H and O–H groups in total. The van der Waals surface area contributed by atoms with Gasteiger partial charge in [0.1, 0.15) is 49.0 Å². The first-order valence-electron chi connectivity index (χ1n) is 19.4. The third-order valence-corrected chi connectivity index (χ3v) is 12.6. The number of pyridine rings is 2. The highest BCUT2D eigenvalue weighted by molar-refractivity contribution is 8.76. The highest BCUT2D eigenvalue weighted by Crippen LogP contribution is 2.41. The Labute approximate surface area is 362 Å². The lowest BCUT2D eigenvalue weighted by Gasteiger charge is -2.35. The Morgan fingerprint density at radius 1 is 0.952 bits per heavy atom. The molecule has 0 aliphatic carbocycles. The van der Waals surface area contributed by atoms with Gasteiger partial charge in [-0.3, -0.25) is 10.1 Å². The second kappa shape index (κ2) is 18.1. The molecule has 0 saturated heterocycles. The molecule has 1 amide bonds. The first-order chi connectivity index (χ1) is 30.2. The van der Waals surface area contributed by atoms with Crippen LogP contribution in [0.3, 0.4) is 0 Å². The maximum absolute atomic E-state index is 13.8. The Hall–Kier alpha value is -7.27. The van der Waals surface area contributed by atoms with Crippen molar-refractivity contribution in [3.05, 3.63) is 147 Å². The summed E-state index contributed by atoms with van der Waals surface area (Å²) >= 11 is 0. The quantitative estimate of drug-likeness (QED) is 0.0404. The molecule has 8 rings (SSSR count). The molecule has 0 saturated carbocycles. The minimum absolute atomic E-state index is 0.0109. The van der Waals surface area contributed by atoms with Crippen LogP contribution in [0.1, 0.15) is 41.2 Å². The van der Waals surface area contributed by atoms with E-state index in [0.29, 0.717) is 57.8 Å². The van der Waals surface area contributed by atoms with Gasteiger partial charge in [0.15, 0.2) is 0 Å². The highest BCUT2D eigenvalue weighted by Gasteiger charge is 2.51. The van der Waals surface area contributed by atoms with Crippen LogP contribution in [-0.2, 0) is 42.5 Å². The van der Waals surface area contributed by atoms with E-state index in [1.807, 2.05) is 54.6 Å². The summed E-state index contributed by atoms with van der Waals surface area (Å²) in [5, 5.41) is 22.5. The number of aromatic nitrogens is 2. The van der Waals surface area contributed by atoms with Crippen molar-refractivity contribution in [2.24, 2.45) is 0 Å². The number of carbonyl (C=O) groups excluding carboxylic acids is 3. The Morgan fingerprint density at radius 2 is 1.69 bits per heavy atom. The van der Waals surface area contributed by atoms with Crippen molar-refractivity contribution in [1.29, 1.82) is 10.5 Å². The number of hydrogen-bond donors (Lipinski definition) is 1. The number of nitrogens with zero attached hydrogens (tertiary/aromatic N) is 4. The molecule has 0 radical (unpaired) electrons. The van der Waals surface area contributed by atoms with Crippen LogP contribution < -0.4 is 15.6 Å². The second-order valence-electron chi connectivity index (χ2n) is 14.0. The van der Waals surface area contributed by atoms with Crippen LogP contribution in [0.2, 0.25) is 0 Å². The molecule has 0 unspecified atom stereocenters. The maximum Gasteiger partial charge on any atom is 0.509 e. The normalized spacial score (nSPS) is 15.7. The minimum atomic E-state index is -1.87. The summed E-state index contributed by atoms with van der Waals surface area (Å²) in [4.78, 5) is 57.3. The SMILES string of the molecule is CC[C@@]1(OC(=O)OCCSSCCOC(=O)Nc2ccc(/C=C/C3=CC(=C(C#N)C#N)c4ccccc4O3)cc2)C(=O)OCc2c1cc1n(c2=O)Cc2cc3ccccc3nc2-1. The molecule has 3 aromatic carbocycles. The predicted octanol–water partition coefficient (Wildman–Crippen LogP) is 8.66. The van der Waals surface area contributed by atoms with Gasteiger partial charge in [0.2, 0.25) is 5.60 Å². The number of ether oxygens (including phenoxy) is 5. The predicted molar refractivity (Wildman–Crippen MR) is 233 cm³/mol. The lowest BCUT2D eigenvalue weighted by molar-refractivity contribution is -0.175. The monoisotopic (exact) mass is 865 g/mol. The fraction of sp³-hybridized carbons (Fsp3) is 0.196. The number of nitriles is 2. The molecule has 5 aromatic rings. The summed E-state index contributed by atoms with van der Waals surface area (Å²) in [5.41, 5.74) is 3.59. The zero-order chi connectivity index (χ0) is 43.2. The van der Waals surface area contributed by atoms with Crippen molar-refractivity contribution >= 4 is 68.0 Å². The molecule has 3 aliphatic rings. The lowest BCUT2D eigenvalue weighted by atomic mass is 9.85.